The van der Waals surface area contributed by atoms with Gasteiger partial charge in [-0.05, 0) is 53.4 Å². The van der Waals surface area contributed by atoms with E-state index < -0.39 is 0 Å². The Balaban J connectivity index is 3.83. The van der Waals surface area contributed by atoms with Crippen molar-refractivity contribution in [3.8, 4) is 0 Å². The Hall–Kier alpha value is -1.18. The fourth-order valence-electron chi connectivity index (χ4n) is 1.53. The van der Waals surface area contributed by atoms with Gasteiger partial charge in [-0.3, -0.25) is 0 Å². The fraction of sp³-hybridized carbons (Fsp3) is 0.600. The maximum Gasteiger partial charge on any atom is 0.0994 e. The van der Waals surface area contributed by atoms with Crippen molar-refractivity contribution in [2.75, 3.05) is 6.54 Å². The molecule has 0 aliphatic rings. The van der Waals surface area contributed by atoms with E-state index >= 15 is 0 Å². The molecule has 2 nitrogen and oxygen atoms in total. The van der Waals surface area contributed by atoms with Crippen molar-refractivity contribution in [3.63, 3.8) is 0 Å². The Kier molecular flexibility index (Phi) is 9.31. The van der Waals surface area contributed by atoms with Crippen LogP contribution in [-0.2, 0) is 0 Å². The van der Waals surface area contributed by atoms with Crippen LogP contribution in [0.25, 0.3) is 0 Å². The van der Waals surface area contributed by atoms with Gasteiger partial charge in [0.25, 0.3) is 0 Å². The lowest BCUT2D eigenvalue weighted by atomic mass is 10.1. The first-order valence-corrected chi connectivity index (χ1v) is 6.30. The van der Waals surface area contributed by atoms with E-state index in [-0.39, 0.29) is 0 Å². The third-order valence-corrected chi connectivity index (χ3v) is 2.64. The molecule has 0 bridgehead atoms. The van der Waals surface area contributed by atoms with Crippen LogP contribution in [0, 0.1) is 4.91 Å². The summed E-state index contributed by atoms with van der Waals surface area (Å²) >= 11 is 0. The van der Waals surface area contributed by atoms with Crippen molar-refractivity contribution in [1.82, 2.24) is 0 Å². The minimum Gasteiger partial charge on any atom is -0.150 e. The molecule has 0 aromatic heterocycles. The van der Waals surface area contributed by atoms with Gasteiger partial charge in [-0.2, -0.15) is 4.91 Å². The normalized spacial score (nSPS) is 12.5. The minimum absolute atomic E-state index is 0.301. The van der Waals surface area contributed by atoms with E-state index in [0.717, 1.165) is 25.7 Å². The van der Waals surface area contributed by atoms with Gasteiger partial charge in [0.05, 0.1) is 6.54 Å². The average molecular weight is 235 g/mol. The molecule has 0 saturated carbocycles. The Morgan fingerprint density at radius 1 is 0.882 bits per heavy atom. The van der Waals surface area contributed by atoms with Crippen LogP contribution in [0.1, 0.15) is 53.4 Å². The molecular formula is C15H25NO. The Morgan fingerprint density at radius 3 is 1.94 bits per heavy atom. The van der Waals surface area contributed by atoms with E-state index in [4.69, 9.17) is 0 Å². The predicted octanol–water partition coefficient (Wildman–Crippen LogP) is 5.17. The molecule has 0 unspecified atom stereocenters. The summed E-state index contributed by atoms with van der Waals surface area (Å²) in [6.45, 7) is 8.81. The quantitative estimate of drug-likeness (QED) is 0.421. The molecular weight excluding hydrogens is 210 g/mol. The molecule has 0 N–H and O–H groups in total. The molecule has 0 amide bonds. The van der Waals surface area contributed by atoms with Gasteiger partial charge in [0, 0.05) is 0 Å². The largest absolute Gasteiger partial charge is 0.150 e. The van der Waals surface area contributed by atoms with E-state index in [1.54, 1.807) is 0 Å². The van der Waals surface area contributed by atoms with Crippen LogP contribution in [0.2, 0.25) is 0 Å². The number of allylic oxidation sites excluding steroid dienone is 5. The molecule has 0 aromatic rings. The van der Waals surface area contributed by atoms with Crippen molar-refractivity contribution < 1.29 is 0 Å². The van der Waals surface area contributed by atoms with Gasteiger partial charge in [0.15, 0.2) is 0 Å². The van der Waals surface area contributed by atoms with Gasteiger partial charge in [-0.1, -0.05) is 40.1 Å². The van der Waals surface area contributed by atoms with Crippen LogP contribution in [0.5, 0.6) is 0 Å². The molecule has 0 radical (unpaired) electrons. The van der Waals surface area contributed by atoms with Crippen LogP contribution >= 0.6 is 0 Å². The molecule has 0 aromatic carbocycles. The summed E-state index contributed by atoms with van der Waals surface area (Å²) in [6, 6.07) is 0. The highest BCUT2D eigenvalue weighted by molar-refractivity contribution is 5.05. The molecule has 0 saturated heterocycles. The summed E-state index contributed by atoms with van der Waals surface area (Å²) in [6.07, 6.45) is 10.8. The number of hydrogen-bond acceptors (Lipinski definition) is 2. The number of hydrogen-bond donors (Lipinski definition) is 0. The van der Waals surface area contributed by atoms with Crippen molar-refractivity contribution in [3.05, 3.63) is 39.9 Å². The predicted molar refractivity (Wildman–Crippen MR) is 76.1 cm³/mol. The Bertz CT molecular complexity index is 307. The summed E-state index contributed by atoms with van der Waals surface area (Å²) in [4.78, 5) is 9.95. The van der Waals surface area contributed by atoms with E-state index in [2.05, 4.69) is 45.0 Å². The Morgan fingerprint density at radius 2 is 1.41 bits per heavy atom. The molecule has 0 fully saturated rings. The highest BCUT2D eigenvalue weighted by Gasteiger charge is 1.91. The van der Waals surface area contributed by atoms with Gasteiger partial charge in [-0.15, -0.1) is 0 Å². The summed E-state index contributed by atoms with van der Waals surface area (Å²) in [5.74, 6) is 0. The third-order valence-electron chi connectivity index (χ3n) is 2.64. The number of nitrogens with zero attached hydrogens (tertiary/aromatic N) is 1. The zero-order chi connectivity index (χ0) is 13.1. The SMILES string of the molecule is CC(C)=CCC/C(C)=C/CC/C(C)=C/CN=O. The van der Waals surface area contributed by atoms with Gasteiger partial charge >= 0.3 is 0 Å². The van der Waals surface area contributed by atoms with Crippen LogP contribution in [0.3, 0.4) is 0 Å². The zero-order valence-electron chi connectivity index (χ0n) is 11.6. The standard InChI is InChI=1S/C15H25NO/c1-13(2)7-5-8-14(3)9-6-10-15(4)11-12-16-17/h7,9,11H,5-6,8,10,12H2,1-4H3/b14-9+,15-11+. The zero-order valence-corrected chi connectivity index (χ0v) is 11.6. The monoisotopic (exact) mass is 235 g/mol. The third kappa shape index (κ3) is 11.1. The Labute approximate surface area is 105 Å². The first-order chi connectivity index (χ1) is 8.06. The molecule has 2 heteroatoms. The summed E-state index contributed by atoms with van der Waals surface area (Å²) < 4.78 is 0. The topological polar surface area (TPSA) is 29.4 Å². The second-order valence-corrected chi connectivity index (χ2v) is 4.77. The first-order valence-electron chi connectivity index (χ1n) is 6.30. The summed E-state index contributed by atoms with van der Waals surface area (Å²) in [5.41, 5.74) is 4.08. The lowest BCUT2D eigenvalue weighted by Gasteiger charge is -2.00. The highest BCUT2D eigenvalue weighted by atomic mass is 16.3. The molecule has 0 aliphatic carbocycles. The van der Waals surface area contributed by atoms with Crippen LogP contribution in [0.4, 0.5) is 0 Å². The van der Waals surface area contributed by atoms with Crippen LogP contribution in [-0.4, -0.2) is 6.54 Å². The smallest absolute Gasteiger partial charge is 0.0994 e. The van der Waals surface area contributed by atoms with E-state index in [0.29, 0.717) is 6.54 Å². The van der Waals surface area contributed by atoms with Crippen molar-refractivity contribution in [1.29, 1.82) is 0 Å². The molecule has 0 aliphatic heterocycles. The van der Waals surface area contributed by atoms with E-state index in [9.17, 15) is 4.91 Å². The highest BCUT2D eigenvalue weighted by Crippen LogP contribution is 2.11. The average Bonchev–Trinajstić information content (AvgIpc) is 2.25. The van der Waals surface area contributed by atoms with E-state index in [1.807, 2.05) is 6.08 Å². The van der Waals surface area contributed by atoms with Crippen LogP contribution < -0.4 is 0 Å². The summed E-state index contributed by atoms with van der Waals surface area (Å²) in [7, 11) is 0. The molecule has 0 heterocycles. The van der Waals surface area contributed by atoms with Crippen molar-refractivity contribution >= 4 is 0 Å². The minimum atomic E-state index is 0.301. The van der Waals surface area contributed by atoms with Gasteiger partial charge in [0.2, 0.25) is 0 Å². The number of rotatable bonds is 8. The van der Waals surface area contributed by atoms with Crippen LogP contribution in [0.15, 0.2) is 40.1 Å². The second-order valence-electron chi connectivity index (χ2n) is 4.77. The maximum absolute atomic E-state index is 9.95. The lowest BCUT2D eigenvalue weighted by molar-refractivity contribution is 0.914. The first kappa shape index (κ1) is 15.8. The second kappa shape index (κ2) is 10.0. The fourth-order valence-corrected chi connectivity index (χ4v) is 1.53. The lowest BCUT2D eigenvalue weighted by Crippen LogP contribution is -1.81. The van der Waals surface area contributed by atoms with Crippen molar-refractivity contribution in [2.24, 2.45) is 5.18 Å². The summed E-state index contributed by atoms with van der Waals surface area (Å²) in [5, 5.41) is 2.83. The van der Waals surface area contributed by atoms with Gasteiger partial charge < -0.3 is 0 Å². The van der Waals surface area contributed by atoms with Crippen molar-refractivity contribution in [2.45, 2.75) is 53.4 Å². The molecule has 96 valence electrons. The van der Waals surface area contributed by atoms with Gasteiger partial charge in [0.1, 0.15) is 0 Å². The molecule has 0 spiro atoms. The molecule has 0 rings (SSSR count). The van der Waals surface area contributed by atoms with Gasteiger partial charge in [-0.25, -0.2) is 0 Å². The number of nitroso groups, excluding NO2 is 1. The molecule has 17 heavy (non-hydrogen) atoms. The maximum atomic E-state index is 9.95. The van der Waals surface area contributed by atoms with E-state index in [1.165, 1.54) is 16.7 Å². The molecule has 0 atom stereocenters.